The van der Waals surface area contributed by atoms with Gasteiger partial charge < -0.3 is 4.90 Å². The highest BCUT2D eigenvalue weighted by molar-refractivity contribution is 8.00. The molecule has 0 saturated carbocycles. The molecule has 94 valence electrons. The normalized spacial score (nSPS) is 26.6. The van der Waals surface area contributed by atoms with E-state index in [0.29, 0.717) is 0 Å². The molecule has 1 aliphatic rings. The van der Waals surface area contributed by atoms with Gasteiger partial charge in [-0.15, -0.1) is 0 Å². The van der Waals surface area contributed by atoms with Gasteiger partial charge in [0.25, 0.3) is 0 Å². The van der Waals surface area contributed by atoms with Gasteiger partial charge >= 0.3 is 0 Å². The molecule has 2 atom stereocenters. The van der Waals surface area contributed by atoms with Crippen LogP contribution in [0.3, 0.4) is 0 Å². The van der Waals surface area contributed by atoms with E-state index in [4.69, 9.17) is 0 Å². The van der Waals surface area contributed by atoms with E-state index in [9.17, 15) is 4.79 Å². The molecule has 0 aromatic heterocycles. The minimum absolute atomic E-state index is 0.0248. The van der Waals surface area contributed by atoms with E-state index in [1.54, 1.807) is 0 Å². The fraction of sp³-hybridized carbons (Fsp3) is 0.917. The maximum Gasteiger partial charge on any atom is 0.240 e. The molecule has 3 nitrogen and oxygen atoms in total. The molecule has 0 bridgehead atoms. The van der Waals surface area contributed by atoms with Crippen LogP contribution in [-0.2, 0) is 4.79 Å². The molecule has 0 spiro atoms. The van der Waals surface area contributed by atoms with Gasteiger partial charge in [0.05, 0.1) is 12.2 Å². The van der Waals surface area contributed by atoms with Crippen LogP contribution in [0.2, 0.25) is 0 Å². The van der Waals surface area contributed by atoms with Crippen LogP contribution >= 0.6 is 11.8 Å². The first kappa shape index (κ1) is 13.8. The van der Waals surface area contributed by atoms with Crippen molar-refractivity contribution in [2.75, 3.05) is 12.8 Å². The number of hydrogen-bond acceptors (Lipinski definition) is 3. The summed E-state index contributed by atoms with van der Waals surface area (Å²) in [6, 6.07) is -0.0248. The Kier molecular flexibility index (Phi) is 4.68. The zero-order valence-electron chi connectivity index (χ0n) is 11.0. The van der Waals surface area contributed by atoms with Crippen molar-refractivity contribution >= 4 is 17.7 Å². The summed E-state index contributed by atoms with van der Waals surface area (Å²) in [5, 5.41) is 3.28. The maximum atomic E-state index is 12.0. The van der Waals surface area contributed by atoms with Crippen LogP contribution < -0.4 is 5.32 Å². The standard InChI is InChI=1S/C12H24N2OS/c1-6-12(7-2,16-5)8-14-10(4)13-9(3)11(14)15/h9-10,13H,6-8H2,1-5H3. The van der Waals surface area contributed by atoms with Crippen LogP contribution in [0.25, 0.3) is 0 Å². The molecule has 1 saturated heterocycles. The molecule has 1 aliphatic heterocycles. The second-order valence-corrected chi connectivity index (χ2v) is 5.90. The van der Waals surface area contributed by atoms with E-state index in [1.807, 2.05) is 23.6 Å². The number of hydrogen-bond donors (Lipinski definition) is 1. The number of rotatable bonds is 5. The summed E-state index contributed by atoms with van der Waals surface area (Å²) in [6.07, 6.45) is 4.53. The molecular weight excluding hydrogens is 220 g/mol. The monoisotopic (exact) mass is 244 g/mol. The summed E-state index contributed by atoms with van der Waals surface area (Å²) in [5.41, 5.74) is 0. The lowest BCUT2D eigenvalue weighted by atomic mass is 10.0. The Morgan fingerprint density at radius 1 is 1.38 bits per heavy atom. The van der Waals surface area contributed by atoms with Gasteiger partial charge in [0.1, 0.15) is 0 Å². The van der Waals surface area contributed by atoms with Crippen molar-refractivity contribution in [3.63, 3.8) is 0 Å². The van der Waals surface area contributed by atoms with Gasteiger partial charge in [0, 0.05) is 11.3 Å². The summed E-state index contributed by atoms with van der Waals surface area (Å²) < 4.78 is 0.218. The van der Waals surface area contributed by atoms with E-state index >= 15 is 0 Å². The van der Waals surface area contributed by atoms with Crippen molar-refractivity contribution in [3.8, 4) is 0 Å². The minimum atomic E-state index is -0.0248. The Morgan fingerprint density at radius 3 is 2.25 bits per heavy atom. The number of nitrogens with one attached hydrogen (secondary N) is 1. The first-order chi connectivity index (χ1) is 7.49. The third kappa shape index (κ3) is 2.54. The summed E-state index contributed by atoms with van der Waals surface area (Å²) >= 11 is 1.89. The Balaban J connectivity index is 2.75. The van der Waals surface area contributed by atoms with Crippen LogP contribution in [0.15, 0.2) is 0 Å². The molecular formula is C12H24N2OS. The van der Waals surface area contributed by atoms with Gasteiger partial charge in [-0.05, 0) is 32.9 Å². The smallest absolute Gasteiger partial charge is 0.240 e. The summed E-state index contributed by atoms with van der Waals surface area (Å²) in [4.78, 5) is 14.0. The predicted molar refractivity (Wildman–Crippen MR) is 70.6 cm³/mol. The number of carbonyl (C=O) groups is 1. The fourth-order valence-corrected chi connectivity index (χ4v) is 3.16. The van der Waals surface area contributed by atoms with Crippen molar-refractivity contribution in [2.24, 2.45) is 0 Å². The molecule has 0 aromatic carbocycles. The minimum Gasteiger partial charge on any atom is -0.325 e. The van der Waals surface area contributed by atoms with Gasteiger partial charge in [-0.25, -0.2) is 0 Å². The predicted octanol–water partition coefficient (Wildman–Crippen LogP) is 2.07. The number of thioether (sulfide) groups is 1. The van der Waals surface area contributed by atoms with Gasteiger partial charge in [-0.1, -0.05) is 13.8 Å². The van der Waals surface area contributed by atoms with Gasteiger partial charge in [0.15, 0.2) is 0 Å². The number of amides is 1. The third-order valence-electron chi connectivity index (χ3n) is 3.79. The lowest BCUT2D eigenvalue weighted by Gasteiger charge is -2.35. The Bertz CT molecular complexity index is 245. The lowest BCUT2D eigenvalue weighted by Crippen LogP contribution is -2.45. The molecule has 2 unspecified atom stereocenters. The molecule has 1 fully saturated rings. The second kappa shape index (κ2) is 5.41. The average Bonchev–Trinajstić information content (AvgIpc) is 2.52. The van der Waals surface area contributed by atoms with E-state index in [2.05, 4.69) is 32.3 Å². The Morgan fingerprint density at radius 2 is 1.94 bits per heavy atom. The third-order valence-corrected chi connectivity index (χ3v) is 5.36. The molecule has 1 N–H and O–H groups in total. The molecule has 1 heterocycles. The van der Waals surface area contributed by atoms with E-state index in [-0.39, 0.29) is 22.9 Å². The van der Waals surface area contributed by atoms with E-state index in [0.717, 1.165) is 19.4 Å². The SMILES string of the molecule is CCC(CC)(CN1C(=O)C(C)NC1C)SC. The van der Waals surface area contributed by atoms with Crippen molar-refractivity contribution in [2.45, 2.75) is 57.5 Å². The van der Waals surface area contributed by atoms with Crippen LogP contribution in [0.4, 0.5) is 0 Å². The summed E-state index contributed by atoms with van der Waals surface area (Å²) in [7, 11) is 0. The lowest BCUT2D eigenvalue weighted by molar-refractivity contribution is -0.129. The van der Waals surface area contributed by atoms with Crippen LogP contribution in [0, 0.1) is 0 Å². The molecule has 1 rings (SSSR count). The molecule has 0 radical (unpaired) electrons. The largest absolute Gasteiger partial charge is 0.325 e. The highest BCUT2D eigenvalue weighted by Crippen LogP contribution is 2.32. The average molecular weight is 244 g/mol. The molecule has 16 heavy (non-hydrogen) atoms. The molecule has 1 amide bonds. The van der Waals surface area contributed by atoms with Crippen LogP contribution in [0.5, 0.6) is 0 Å². The topological polar surface area (TPSA) is 32.3 Å². The Labute approximate surface area is 103 Å². The fourth-order valence-electron chi connectivity index (χ4n) is 2.31. The summed E-state index contributed by atoms with van der Waals surface area (Å²) in [6.45, 7) is 9.29. The van der Waals surface area contributed by atoms with Crippen molar-refractivity contribution in [3.05, 3.63) is 0 Å². The van der Waals surface area contributed by atoms with Gasteiger partial charge in [-0.2, -0.15) is 11.8 Å². The van der Waals surface area contributed by atoms with Crippen LogP contribution in [-0.4, -0.2) is 40.6 Å². The van der Waals surface area contributed by atoms with Gasteiger partial charge in [-0.3, -0.25) is 10.1 Å². The zero-order valence-corrected chi connectivity index (χ0v) is 11.9. The van der Waals surface area contributed by atoms with Crippen molar-refractivity contribution in [1.82, 2.24) is 10.2 Å². The first-order valence-corrected chi connectivity index (χ1v) is 7.33. The second-order valence-electron chi connectivity index (χ2n) is 4.62. The Hall–Kier alpha value is -0.220. The summed E-state index contributed by atoms with van der Waals surface area (Å²) in [5.74, 6) is 0.243. The van der Waals surface area contributed by atoms with Gasteiger partial charge in [0.2, 0.25) is 5.91 Å². The van der Waals surface area contributed by atoms with Crippen molar-refractivity contribution < 1.29 is 4.79 Å². The van der Waals surface area contributed by atoms with Crippen LogP contribution in [0.1, 0.15) is 40.5 Å². The maximum absolute atomic E-state index is 12.0. The van der Waals surface area contributed by atoms with Crippen molar-refractivity contribution in [1.29, 1.82) is 0 Å². The number of carbonyl (C=O) groups excluding carboxylic acids is 1. The van der Waals surface area contributed by atoms with E-state index < -0.39 is 0 Å². The zero-order chi connectivity index (χ0) is 12.3. The molecule has 0 aliphatic carbocycles. The molecule has 4 heteroatoms. The quantitative estimate of drug-likeness (QED) is 0.803. The highest BCUT2D eigenvalue weighted by atomic mass is 32.2. The highest BCUT2D eigenvalue weighted by Gasteiger charge is 2.38. The molecule has 0 aromatic rings. The van der Waals surface area contributed by atoms with E-state index in [1.165, 1.54) is 0 Å². The first-order valence-electron chi connectivity index (χ1n) is 6.11. The number of nitrogens with zero attached hydrogens (tertiary/aromatic N) is 1.